The molecule has 3 amide bonds. The van der Waals surface area contributed by atoms with Gasteiger partial charge in [-0.1, -0.05) is 6.07 Å². The lowest BCUT2D eigenvalue weighted by Crippen LogP contribution is -2.49. The number of carbonyl (C=O) groups excluding carboxylic acids is 3. The number of likely N-dealkylation sites (tertiary alicyclic amines) is 1. The van der Waals surface area contributed by atoms with E-state index in [-0.39, 0.29) is 36.2 Å². The van der Waals surface area contributed by atoms with Crippen LogP contribution in [0.15, 0.2) is 17.5 Å². The molecule has 1 fully saturated rings. The minimum atomic E-state index is -0.232. The van der Waals surface area contributed by atoms with Gasteiger partial charge in [-0.05, 0) is 45.1 Å². The molecule has 1 unspecified atom stereocenters. The molecule has 1 atom stereocenters. The van der Waals surface area contributed by atoms with Gasteiger partial charge < -0.3 is 15.1 Å². The standard InChI is InChI=1S/C18H27N3O3S/c1-4-20(12-16(22)19-13(2)3)17(23)14-7-5-9-21(11-14)18(24)15-8-6-10-25-15/h6,8,10,13-14H,4-5,7,9,11-12H2,1-3H3,(H,19,22). The summed E-state index contributed by atoms with van der Waals surface area (Å²) < 4.78 is 0. The van der Waals surface area contributed by atoms with Crippen molar-refractivity contribution in [3.05, 3.63) is 22.4 Å². The molecule has 0 aromatic carbocycles. The number of amides is 3. The molecule has 0 bridgehead atoms. The van der Waals surface area contributed by atoms with Crippen LogP contribution in [-0.2, 0) is 9.59 Å². The van der Waals surface area contributed by atoms with Crippen LogP contribution in [0.5, 0.6) is 0 Å². The van der Waals surface area contributed by atoms with Crippen molar-refractivity contribution in [2.24, 2.45) is 5.92 Å². The number of rotatable bonds is 6. The fourth-order valence-electron chi connectivity index (χ4n) is 3.06. The highest BCUT2D eigenvalue weighted by Gasteiger charge is 2.32. The summed E-state index contributed by atoms with van der Waals surface area (Å²) in [4.78, 5) is 41.4. The lowest BCUT2D eigenvalue weighted by atomic mass is 9.96. The second-order valence-corrected chi connectivity index (χ2v) is 7.59. The highest BCUT2D eigenvalue weighted by atomic mass is 32.1. The summed E-state index contributed by atoms with van der Waals surface area (Å²) >= 11 is 1.42. The van der Waals surface area contributed by atoms with Crippen molar-refractivity contribution < 1.29 is 14.4 Å². The highest BCUT2D eigenvalue weighted by Crippen LogP contribution is 2.22. The van der Waals surface area contributed by atoms with Gasteiger partial charge in [-0.2, -0.15) is 0 Å². The monoisotopic (exact) mass is 365 g/mol. The molecule has 1 aromatic rings. The number of thiophene rings is 1. The molecule has 1 aliphatic rings. The Morgan fingerprint density at radius 2 is 2.16 bits per heavy atom. The van der Waals surface area contributed by atoms with Gasteiger partial charge in [0.1, 0.15) is 0 Å². The van der Waals surface area contributed by atoms with Crippen molar-refractivity contribution in [3.63, 3.8) is 0 Å². The quantitative estimate of drug-likeness (QED) is 0.838. The maximum atomic E-state index is 12.8. The van der Waals surface area contributed by atoms with Crippen LogP contribution >= 0.6 is 11.3 Å². The van der Waals surface area contributed by atoms with Crippen LogP contribution in [0.25, 0.3) is 0 Å². The summed E-state index contributed by atoms with van der Waals surface area (Å²) in [6, 6.07) is 3.72. The summed E-state index contributed by atoms with van der Waals surface area (Å²) in [5.74, 6) is -0.421. The summed E-state index contributed by atoms with van der Waals surface area (Å²) in [7, 11) is 0. The number of carbonyl (C=O) groups is 3. The van der Waals surface area contributed by atoms with E-state index in [2.05, 4.69) is 5.32 Å². The van der Waals surface area contributed by atoms with E-state index in [0.717, 1.165) is 12.8 Å². The van der Waals surface area contributed by atoms with Gasteiger partial charge in [0, 0.05) is 25.7 Å². The second-order valence-electron chi connectivity index (χ2n) is 6.64. The Bertz CT molecular complexity index is 601. The van der Waals surface area contributed by atoms with Gasteiger partial charge in [-0.15, -0.1) is 11.3 Å². The Hall–Kier alpha value is -1.89. The summed E-state index contributed by atoms with van der Waals surface area (Å²) in [5, 5.41) is 4.70. The predicted octanol–water partition coefficient (Wildman–Crippen LogP) is 1.97. The van der Waals surface area contributed by atoms with Crippen LogP contribution in [0.4, 0.5) is 0 Å². The van der Waals surface area contributed by atoms with Gasteiger partial charge in [0.2, 0.25) is 11.8 Å². The Morgan fingerprint density at radius 1 is 1.40 bits per heavy atom. The molecular weight excluding hydrogens is 338 g/mol. The molecule has 7 heteroatoms. The van der Waals surface area contributed by atoms with Gasteiger partial charge in [0.15, 0.2) is 0 Å². The Kier molecular flexibility index (Phi) is 6.99. The van der Waals surface area contributed by atoms with Crippen molar-refractivity contribution in [1.82, 2.24) is 15.1 Å². The average molecular weight is 365 g/mol. The zero-order valence-electron chi connectivity index (χ0n) is 15.2. The molecule has 2 rings (SSSR count). The van der Waals surface area contributed by atoms with Crippen LogP contribution in [0.3, 0.4) is 0 Å². The molecule has 1 saturated heterocycles. The van der Waals surface area contributed by atoms with Gasteiger partial charge in [-0.3, -0.25) is 14.4 Å². The van der Waals surface area contributed by atoms with Crippen molar-refractivity contribution in [2.75, 3.05) is 26.2 Å². The van der Waals surface area contributed by atoms with Crippen LogP contribution in [0.1, 0.15) is 43.3 Å². The third-order valence-corrected chi connectivity index (χ3v) is 5.13. The van der Waals surface area contributed by atoms with Crippen molar-refractivity contribution >= 4 is 29.1 Å². The van der Waals surface area contributed by atoms with E-state index >= 15 is 0 Å². The molecule has 25 heavy (non-hydrogen) atoms. The first-order valence-electron chi connectivity index (χ1n) is 8.83. The SMILES string of the molecule is CCN(CC(=O)NC(C)C)C(=O)C1CCCN(C(=O)c2cccs2)C1. The minimum Gasteiger partial charge on any atom is -0.352 e. The molecule has 138 valence electrons. The third kappa shape index (κ3) is 5.29. The van der Waals surface area contributed by atoms with E-state index in [4.69, 9.17) is 0 Å². The Labute approximate surface area is 153 Å². The number of nitrogens with zero attached hydrogens (tertiary/aromatic N) is 2. The number of likely N-dealkylation sites (N-methyl/N-ethyl adjacent to an activating group) is 1. The number of piperidine rings is 1. The van der Waals surface area contributed by atoms with Gasteiger partial charge >= 0.3 is 0 Å². The first-order chi connectivity index (χ1) is 11.9. The molecule has 6 nitrogen and oxygen atoms in total. The molecule has 0 saturated carbocycles. The van der Waals surface area contributed by atoms with E-state index in [1.54, 1.807) is 9.80 Å². The van der Waals surface area contributed by atoms with Gasteiger partial charge in [0.25, 0.3) is 5.91 Å². The summed E-state index contributed by atoms with van der Waals surface area (Å²) in [6.07, 6.45) is 1.57. The van der Waals surface area contributed by atoms with E-state index in [1.165, 1.54) is 11.3 Å². The zero-order chi connectivity index (χ0) is 18.4. The molecule has 1 aliphatic heterocycles. The maximum absolute atomic E-state index is 12.8. The van der Waals surface area contributed by atoms with Crippen LogP contribution in [-0.4, -0.2) is 59.7 Å². The van der Waals surface area contributed by atoms with Gasteiger partial charge in [-0.25, -0.2) is 0 Å². The predicted molar refractivity (Wildman–Crippen MR) is 98.5 cm³/mol. The first kappa shape index (κ1) is 19.4. The minimum absolute atomic E-state index is 0.00639. The second kappa shape index (κ2) is 8.99. The third-order valence-electron chi connectivity index (χ3n) is 4.27. The molecule has 2 heterocycles. The average Bonchev–Trinajstić information content (AvgIpc) is 3.12. The number of hydrogen-bond acceptors (Lipinski definition) is 4. The smallest absolute Gasteiger partial charge is 0.263 e. The lowest BCUT2D eigenvalue weighted by Gasteiger charge is -2.34. The van der Waals surface area contributed by atoms with E-state index in [0.29, 0.717) is 24.5 Å². The molecule has 0 spiro atoms. The zero-order valence-corrected chi connectivity index (χ0v) is 16.0. The largest absolute Gasteiger partial charge is 0.352 e. The molecule has 1 aromatic heterocycles. The van der Waals surface area contributed by atoms with Crippen molar-refractivity contribution in [3.8, 4) is 0 Å². The summed E-state index contributed by atoms with van der Waals surface area (Å²) in [6.45, 7) is 7.33. The topological polar surface area (TPSA) is 69.7 Å². The lowest BCUT2D eigenvalue weighted by molar-refractivity contribution is -0.140. The fraction of sp³-hybridized carbons (Fsp3) is 0.611. The van der Waals surface area contributed by atoms with Crippen LogP contribution in [0.2, 0.25) is 0 Å². The van der Waals surface area contributed by atoms with Crippen molar-refractivity contribution in [1.29, 1.82) is 0 Å². The molecule has 1 N–H and O–H groups in total. The Balaban J connectivity index is 1.97. The maximum Gasteiger partial charge on any atom is 0.263 e. The fourth-order valence-corrected chi connectivity index (χ4v) is 3.75. The van der Waals surface area contributed by atoms with Crippen LogP contribution < -0.4 is 5.32 Å². The normalized spacial score (nSPS) is 17.4. The number of nitrogens with one attached hydrogen (secondary N) is 1. The Morgan fingerprint density at radius 3 is 2.76 bits per heavy atom. The summed E-state index contributed by atoms with van der Waals surface area (Å²) in [5.41, 5.74) is 0. The van der Waals surface area contributed by atoms with Gasteiger partial charge in [0.05, 0.1) is 17.3 Å². The van der Waals surface area contributed by atoms with E-state index < -0.39 is 0 Å². The first-order valence-corrected chi connectivity index (χ1v) is 9.71. The molecule has 0 aliphatic carbocycles. The van der Waals surface area contributed by atoms with E-state index in [1.807, 2.05) is 38.3 Å². The molecular formula is C18H27N3O3S. The molecule has 0 radical (unpaired) electrons. The number of hydrogen-bond donors (Lipinski definition) is 1. The van der Waals surface area contributed by atoms with Crippen LogP contribution in [0, 0.1) is 5.92 Å². The van der Waals surface area contributed by atoms with Crippen molar-refractivity contribution in [2.45, 2.75) is 39.7 Å². The van der Waals surface area contributed by atoms with E-state index in [9.17, 15) is 14.4 Å². The highest BCUT2D eigenvalue weighted by molar-refractivity contribution is 7.12.